The molecule has 1 fully saturated rings. The molecule has 3 N–H and O–H groups in total. The Morgan fingerprint density at radius 1 is 1.23 bits per heavy atom. The van der Waals surface area contributed by atoms with E-state index >= 15 is 0 Å². The molecule has 1 atom stereocenters. The van der Waals surface area contributed by atoms with Crippen molar-refractivity contribution in [2.45, 2.75) is 31.1 Å². The molecule has 1 aliphatic heterocycles. The largest absolute Gasteiger partial charge is 0.382 e. The fraction of sp³-hybridized carbons (Fsp3) is 0.391. The molecular weight excluding hydrogens is 390 g/mol. The number of hydrogen-bond donors (Lipinski definition) is 2. The van der Waals surface area contributed by atoms with Gasteiger partial charge in [0.1, 0.15) is 5.69 Å². The highest BCUT2D eigenvalue weighted by atomic mass is 16.2. The Bertz CT molecular complexity index is 1120. The summed E-state index contributed by atoms with van der Waals surface area (Å²) in [5.41, 5.74) is 10.3. The fourth-order valence-electron chi connectivity index (χ4n) is 5.02. The topological polar surface area (TPSA) is 104 Å². The van der Waals surface area contributed by atoms with Crippen LogP contribution in [0.4, 0.5) is 11.8 Å². The zero-order valence-electron chi connectivity index (χ0n) is 17.9. The first-order valence-electron chi connectivity index (χ1n) is 10.7. The molecule has 1 spiro atoms. The number of benzene rings is 1. The number of hydrogen-bond acceptors (Lipinski definition) is 6. The number of carbonyl (C=O) groups excluding carboxylic acids is 1. The summed E-state index contributed by atoms with van der Waals surface area (Å²) in [5, 5.41) is 7.04. The number of amides is 1. The van der Waals surface area contributed by atoms with Gasteiger partial charge in [-0.2, -0.15) is 5.10 Å². The van der Waals surface area contributed by atoms with E-state index in [2.05, 4.69) is 15.2 Å². The molecule has 1 unspecified atom stereocenters. The molecule has 1 saturated heterocycles. The first kappa shape index (κ1) is 19.5. The second kappa shape index (κ2) is 7.37. The lowest BCUT2D eigenvalue weighted by atomic mass is 9.77. The highest BCUT2D eigenvalue weighted by Gasteiger charge is 2.45. The number of rotatable bonds is 3. The molecular formula is C23H27N7O. The normalized spacial score (nSPS) is 20.1. The molecule has 2 aromatic heterocycles. The number of nitrogen functional groups attached to an aromatic ring is 1. The van der Waals surface area contributed by atoms with Crippen LogP contribution in [0.3, 0.4) is 0 Å². The molecule has 0 radical (unpaired) electrons. The van der Waals surface area contributed by atoms with Gasteiger partial charge in [0.2, 0.25) is 5.95 Å². The molecule has 8 nitrogen and oxygen atoms in total. The van der Waals surface area contributed by atoms with Gasteiger partial charge in [0.15, 0.2) is 5.82 Å². The van der Waals surface area contributed by atoms with Gasteiger partial charge in [-0.25, -0.2) is 9.97 Å². The number of aromatic nitrogens is 4. The van der Waals surface area contributed by atoms with E-state index in [4.69, 9.17) is 10.7 Å². The number of likely N-dealkylation sites (tertiary alicyclic amines) is 1. The van der Waals surface area contributed by atoms with E-state index in [1.165, 1.54) is 5.56 Å². The summed E-state index contributed by atoms with van der Waals surface area (Å²) in [4.78, 5) is 26.8. The minimum Gasteiger partial charge on any atom is -0.382 e. The van der Waals surface area contributed by atoms with Gasteiger partial charge in [0.25, 0.3) is 5.91 Å². The summed E-state index contributed by atoms with van der Waals surface area (Å²) in [5.74, 6) is 1.00. The third-order valence-corrected chi connectivity index (χ3v) is 6.56. The van der Waals surface area contributed by atoms with E-state index in [9.17, 15) is 4.79 Å². The number of nitrogens with zero attached hydrogens (tertiary/aromatic N) is 5. The molecule has 2 aliphatic rings. The van der Waals surface area contributed by atoms with Gasteiger partial charge in [-0.05, 0) is 36.8 Å². The quantitative estimate of drug-likeness (QED) is 0.679. The molecule has 1 aliphatic carbocycles. The number of nitrogens with one attached hydrogen (secondary N) is 1. The molecule has 1 amide bonds. The maximum Gasteiger partial charge on any atom is 0.272 e. The average Bonchev–Trinajstić information content (AvgIpc) is 3.34. The number of piperidine rings is 1. The van der Waals surface area contributed by atoms with Crippen LogP contribution < -0.4 is 10.6 Å². The Morgan fingerprint density at radius 3 is 2.81 bits per heavy atom. The lowest BCUT2D eigenvalue weighted by Gasteiger charge is -2.40. The Hall–Kier alpha value is -3.42. The number of nitrogens with two attached hydrogens (primary N) is 1. The van der Waals surface area contributed by atoms with Gasteiger partial charge in [0.05, 0.1) is 11.3 Å². The van der Waals surface area contributed by atoms with Crippen molar-refractivity contribution in [1.29, 1.82) is 0 Å². The van der Waals surface area contributed by atoms with E-state index < -0.39 is 0 Å². The summed E-state index contributed by atoms with van der Waals surface area (Å²) in [6.07, 6.45) is 5.88. The average molecular weight is 418 g/mol. The van der Waals surface area contributed by atoms with Crippen LogP contribution in [0.2, 0.25) is 0 Å². The van der Waals surface area contributed by atoms with E-state index in [0.29, 0.717) is 30.2 Å². The molecule has 8 heteroatoms. The smallest absolute Gasteiger partial charge is 0.272 e. The van der Waals surface area contributed by atoms with Gasteiger partial charge < -0.3 is 15.5 Å². The zero-order valence-corrected chi connectivity index (χ0v) is 17.9. The van der Waals surface area contributed by atoms with Crippen molar-refractivity contribution in [2.24, 2.45) is 0 Å². The second-order valence-electron chi connectivity index (χ2n) is 8.77. The number of aromatic amines is 1. The Labute approximate surface area is 181 Å². The number of H-pyrrole nitrogens is 1. The van der Waals surface area contributed by atoms with Crippen molar-refractivity contribution >= 4 is 17.7 Å². The highest BCUT2D eigenvalue weighted by Crippen LogP contribution is 2.44. The zero-order chi connectivity index (χ0) is 21.6. The van der Waals surface area contributed by atoms with Gasteiger partial charge in [-0.15, -0.1) is 0 Å². The molecule has 5 rings (SSSR count). The van der Waals surface area contributed by atoms with Gasteiger partial charge in [-0.3, -0.25) is 9.89 Å². The monoisotopic (exact) mass is 417 g/mol. The van der Waals surface area contributed by atoms with Crippen molar-refractivity contribution in [3.05, 3.63) is 53.5 Å². The maximum absolute atomic E-state index is 13.6. The predicted molar refractivity (Wildman–Crippen MR) is 120 cm³/mol. The molecule has 3 heterocycles. The lowest BCUT2D eigenvalue weighted by molar-refractivity contribution is 0.0628. The standard InChI is InChI=1S/C23H27N7O/c1-29(2)22-25-13-16-9-11-23(19(16)26-22)10-6-12-30(14-23)21(31)18-17(20(24)28-27-18)15-7-4-3-5-8-15/h3-5,7-8,13H,6,9-12,14H2,1-2H3,(H3,24,27,28). The summed E-state index contributed by atoms with van der Waals surface area (Å²) in [6, 6.07) is 9.70. The second-order valence-corrected chi connectivity index (χ2v) is 8.77. The van der Waals surface area contributed by atoms with Crippen LogP contribution in [0.25, 0.3) is 11.1 Å². The minimum atomic E-state index is -0.116. The van der Waals surface area contributed by atoms with Gasteiger partial charge in [0, 0.05) is 38.8 Å². The Morgan fingerprint density at radius 2 is 2.03 bits per heavy atom. The third-order valence-electron chi connectivity index (χ3n) is 6.56. The third kappa shape index (κ3) is 3.22. The van der Waals surface area contributed by atoms with Crippen molar-refractivity contribution in [3.63, 3.8) is 0 Å². The molecule has 0 bridgehead atoms. The van der Waals surface area contributed by atoms with Gasteiger partial charge >= 0.3 is 0 Å². The van der Waals surface area contributed by atoms with E-state index in [0.717, 1.165) is 42.9 Å². The SMILES string of the molecule is CN(C)c1ncc2c(n1)C1(CCCN(C(=O)c3[nH]nc(N)c3-c3ccccc3)C1)CC2. The summed E-state index contributed by atoms with van der Waals surface area (Å²) >= 11 is 0. The van der Waals surface area contributed by atoms with Crippen molar-refractivity contribution in [3.8, 4) is 11.1 Å². The van der Waals surface area contributed by atoms with Crippen LogP contribution in [0.15, 0.2) is 36.5 Å². The molecule has 160 valence electrons. The summed E-state index contributed by atoms with van der Waals surface area (Å²) in [6.45, 7) is 1.37. The van der Waals surface area contributed by atoms with Crippen LogP contribution in [-0.2, 0) is 11.8 Å². The molecule has 31 heavy (non-hydrogen) atoms. The van der Waals surface area contributed by atoms with E-state index in [1.807, 2.05) is 60.4 Å². The van der Waals surface area contributed by atoms with Crippen LogP contribution >= 0.6 is 0 Å². The molecule has 3 aromatic rings. The van der Waals surface area contributed by atoms with Crippen molar-refractivity contribution < 1.29 is 4.79 Å². The fourth-order valence-corrected chi connectivity index (χ4v) is 5.02. The van der Waals surface area contributed by atoms with Crippen molar-refractivity contribution in [1.82, 2.24) is 25.1 Å². The number of fused-ring (bicyclic) bond motifs is 2. The van der Waals surface area contributed by atoms with Crippen molar-refractivity contribution in [2.75, 3.05) is 37.8 Å². The van der Waals surface area contributed by atoms with Crippen LogP contribution in [0.5, 0.6) is 0 Å². The lowest BCUT2D eigenvalue weighted by Crippen LogP contribution is -2.48. The Balaban J connectivity index is 1.47. The predicted octanol–water partition coefficient (Wildman–Crippen LogP) is 2.64. The minimum absolute atomic E-state index is 0.0579. The van der Waals surface area contributed by atoms with Crippen LogP contribution in [-0.4, -0.2) is 58.2 Å². The van der Waals surface area contributed by atoms with E-state index in [1.54, 1.807) is 0 Å². The molecule has 0 saturated carbocycles. The van der Waals surface area contributed by atoms with E-state index in [-0.39, 0.29) is 11.3 Å². The van der Waals surface area contributed by atoms with Crippen LogP contribution in [0.1, 0.15) is 41.0 Å². The number of anilines is 2. The first-order valence-corrected chi connectivity index (χ1v) is 10.7. The summed E-state index contributed by atoms with van der Waals surface area (Å²) in [7, 11) is 3.90. The first-order chi connectivity index (χ1) is 15.0. The maximum atomic E-state index is 13.6. The Kier molecular flexibility index (Phi) is 4.64. The van der Waals surface area contributed by atoms with Crippen LogP contribution in [0, 0.1) is 0 Å². The number of carbonyl (C=O) groups is 1. The van der Waals surface area contributed by atoms with Gasteiger partial charge in [-0.1, -0.05) is 30.3 Å². The molecule has 1 aromatic carbocycles. The highest BCUT2D eigenvalue weighted by molar-refractivity contribution is 6.01. The number of aryl methyl sites for hydroxylation is 1. The summed E-state index contributed by atoms with van der Waals surface area (Å²) < 4.78 is 0.